The van der Waals surface area contributed by atoms with Crippen molar-refractivity contribution in [2.24, 2.45) is 7.05 Å². The number of ether oxygens (including phenoxy) is 1. The highest BCUT2D eigenvalue weighted by atomic mass is 35.5. The van der Waals surface area contributed by atoms with Gasteiger partial charge in [0.1, 0.15) is 28.0 Å². The lowest BCUT2D eigenvalue weighted by Gasteiger charge is -2.09. The van der Waals surface area contributed by atoms with Gasteiger partial charge in [0.15, 0.2) is 5.75 Å². The van der Waals surface area contributed by atoms with Crippen molar-refractivity contribution in [1.82, 2.24) is 19.7 Å². The average molecular weight is 375 g/mol. The molecule has 26 heavy (non-hydrogen) atoms. The maximum Gasteiger partial charge on any atom is 0.279 e. The number of pyridine rings is 2. The van der Waals surface area contributed by atoms with Crippen LogP contribution in [0.5, 0.6) is 11.5 Å². The Bertz CT molecular complexity index is 1030. The van der Waals surface area contributed by atoms with E-state index >= 15 is 0 Å². The molecule has 3 rings (SSSR count). The summed E-state index contributed by atoms with van der Waals surface area (Å²) in [6.45, 7) is 1.64. The molecule has 0 aliphatic rings. The first-order chi connectivity index (χ1) is 12.4. The molecule has 0 aliphatic heterocycles. The van der Waals surface area contributed by atoms with Crippen LogP contribution in [0.2, 0.25) is 5.02 Å². The van der Waals surface area contributed by atoms with Gasteiger partial charge in [0.2, 0.25) is 0 Å². The zero-order valence-corrected chi connectivity index (χ0v) is 14.7. The summed E-state index contributed by atoms with van der Waals surface area (Å²) >= 11 is 6.02. The molecule has 0 aliphatic carbocycles. The zero-order chi connectivity index (χ0) is 18.8. The molecule has 4 N–H and O–H groups in total. The van der Waals surface area contributed by atoms with Crippen LogP contribution in [-0.2, 0) is 7.05 Å². The lowest BCUT2D eigenvalue weighted by atomic mass is 10.2. The van der Waals surface area contributed by atoms with E-state index < -0.39 is 11.5 Å². The number of hydrogen-bond acceptors (Lipinski definition) is 6. The first-order valence-corrected chi connectivity index (χ1v) is 7.85. The second kappa shape index (κ2) is 6.89. The monoisotopic (exact) mass is 374 g/mol. The highest BCUT2D eigenvalue weighted by Crippen LogP contribution is 2.31. The lowest BCUT2D eigenvalue weighted by molar-refractivity contribution is 0.102. The summed E-state index contributed by atoms with van der Waals surface area (Å²) in [5.41, 5.74) is 5.71. The number of aromatic nitrogens is 4. The molecule has 134 valence electrons. The predicted molar refractivity (Wildman–Crippen MR) is 96.7 cm³/mol. The van der Waals surface area contributed by atoms with Gasteiger partial charge in [-0.1, -0.05) is 11.6 Å². The van der Waals surface area contributed by atoms with E-state index in [9.17, 15) is 9.59 Å². The van der Waals surface area contributed by atoms with Crippen molar-refractivity contribution in [3.63, 3.8) is 0 Å². The average Bonchev–Trinajstić information content (AvgIpc) is 2.86. The summed E-state index contributed by atoms with van der Waals surface area (Å²) < 4.78 is 6.83. The number of H-pyrrole nitrogens is 1. The second-order valence-electron chi connectivity index (χ2n) is 5.42. The number of carbonyl (C=O) groups excluding carboxylic acids is 1. The summed E-state index contributed by atoms with van der Waals surface area (Å²) in [6, 6.07) is 4.70. The predicted octanol–water partition coefficient (Wildman–Crippen LogP) is 2.09. The van der Waals surface area contributed by atoms with Gasteiger partial charge in [-0.05, 0) is 19.1 Å². The molecule has 0 unspecified atom stereocenters. The molecular weight excluding hydrogens is 360 g/mol. The van der Waals surface area contributed by atoms with E-state index in [1.54, 1.807) is 19.1 Å². The van der Waals surface area contributed by atoms with Crippen LogP contribution in [0.25, 0.3) is 0 Å². The number of amides is 1. The van der Waals surface area contributed by atoms with Gasteiger partial charge in [-0.15, -0.1) is 0 Å². The first-order valence-electron chi connectivity index (χ1n) is 7.47. The van der Waals surface area contributed by atoms with Gasteiger partial charge < -0.3 is 15.8 Å². The van der Waals surface area contributed by atoms with Crippen LogP contribution in [0.4, 0.5) is 11.6 Å². The number of nitrogen functional groups attached to an aromatic ring is 1. The molecule has 0 spiro atoms. The molecule has 1 amide bonds. The van der Waals surface area contributed by atoms with E-state index in [1.165, 1.54) is 30.2 Å². The van der Waals surface area contributed by atoms with Crippen molar-refractivity contribution in [2.45, 2.75) is 6.92 Å². The number of nitrogens with zero attached hydrogens (tertiary/aromatic N) is 3. The summed E-state index contributed by atoms with van der Waals surface area (Å²) in [4.78, 5) is 32.2. The van der Waals surface area contributed by atoms with E-state index in [-0.39, 0.29) is 22.2 Å². The van der Waals surface area contributed by atoms with Crippen molar-refractivity contribution in [1.29, 1.82) is 0 Å². The van der Waals surface area contributed by atoms with E-state index in [0.29, 0.717) is 17.2 Å². The third-order valence-corrected chi connectivity index (χ3v) is 3.92. The van der Waals surface area contributed by atoms with Gasteiger partial charge in [0.25, 0.3) is 11.5 Å². The molecule has 10 heteroatoms. The number of carbonyl (C=O) groups is 1. The Labute approximate surface area is 152 Å². The molecule has 0 bridgehead atoms. The second-order valence-corrected chi connectivity index (χ2v) is 5.80. The van der Waals surface area contributed by atoms with Crippen LogP contribution >= 0.6 is 11.6 Å². The number of hydrogen-bond donors (Lipinski definition) is 3. The minimum atomic E-state index is -0.546. The van der Waals surface area contributed by atoms with Crippen molar-refractivity contribution in [2.75, 3.05) is 11.1 Å². The largest absolute Gasteiger partial charge is 0.454 e. The maximum atomic E-state index is 12.3. The van der Waals surface area contributed by atoms with Gasteiger partial charge in [-0.25, -0.2) is 9.97 Å². The normalized spacial score (nSPS) is 10.6. The van der Waals surface area contributed by atoms with Crippen molar-refractivity contribution in [3.8, 4) is 11.5 Å². The third kappa shape index (κ3) is 3.38. The molecule has 9 nitrogen and oxygen atoms in total. The van der Waals surface area contributed by atoms with Crippen molar-refractivity contribution >= 4 is 29.1 Å². The quantitative estimate of drug-likeness (QED) is 0.641. The molecule has 0 atom stereocenters. The lowest BCUT2D eigenvalue weighted by Crippen LogP contribution is -2.23. The van der Waals surface area contributed by atoms with Gasteiger partial charge in [0, 0.05) is 25.0 Å². The Morgan fingerprint density at radius 1 is 1.35 bits per heavy atom. The minimum absolute atomic E-state index is 0.0358. The Morgan fingerprint density at radius 3 is 2.73 bits per heavy atom. The Kier molecular flexibility index (Phi) is 4.63. The molecule has 3 aromatic rings. The molecular formula is C16H15ClN6O3. The number of aromatic amines is 1. The molecule has 0 saturated carbocycles. The number of anilines is 2. The summed E-state index contributed by atoms with van der Waals surface area (Å²) in [7, 11) is 1.54. The zero-order valence-electron chi connectivity index (χ0n) is 13.9. The number of nitrogens with one attached hydrogen (secondary N) is 2. The minimum Gasteiger partial charge on any atom is -0.454 e. The Balaban J connectivity index is 1.74. The molecule has 3 aromatic heterocycles. The number of aryl methyl sites for hydroxylation is 2. The van der Waals surface area contributed by atoms with Crippen LogP contribution in [0.3, 0.4) is 0 Å². The summed E-state index contributed by atoms with van der Waals surface area (Å²) in [6.07, 6.45) is 2.88. The molecule has 0 aromatic carbocycles. The number of halogens is 1. The third-order valence-electron chi connectivity index (χ3n) is 3.54. The summed E-state index contributed by atoms with van der Waals surface area (Å²) in [5.74, 6) is 0.610. The van der Waals surface area contributed by atoms with Gasteiger partial charge >= 0.3 is 0 Å². The molecule has 0 saturated heterocycles. The number of nitrogens with two attached hydrogens (primary N) is 1. The highest BCUT2D eigenvalue weighted by Gasteiger charge is 2.18. The SMILES string of the molecule is Cc1[nH]n(C)c(=O)c1C(=O)Nc1ccc(Oc2ccnc(N)c2Cl)cn1. The van der Waals surface area contributed by atoms with Crippen LogP contribution in [0.1, 0.15) is 16.1 Å². The Hall–Kier alpha value is -3.33. The Morgan fingerprint density at radius 2 is 2.12 bits per heavy atom. The van der Waals surface area contributed by atoms with Crippen LogP contribution < -0.4 is 21.3 Å². The molecule has 0 radical (unpaired) electrons. The summed E-state index contributed by atoms with van der Waals surface area (Å²) in [5, 5.41) is 5.53. The highest BCUT2D eigenvalue weighted by molar-refractivity contribution is 6.34. The van der Waals surface area contributed by atoms with E-state index in [1.807, 2.05) is 0 Å². The van der Waals surface area contributed by atoms with Gasteiger partial charge in [-0.3, -0.25) is 19.4 Å². The van der Waals surface area contributed by atoms with Crippen molar-refractivity contribution < 1.29 is 9.53 Å². The van der Waals surface area contributed by atoms with Crippen molar-refractivity contribution in [3.05, 3.63) is 57.2 Å². The fraction of sp³-hybridized carbons (Fsp3) is 0.125. The van der Waals surface area contributed by atoms with Gasteiger partial charge in [-0.2, -0.15) is 0 Å². The smallest absolute Gasteiger partial charge is 0.279 e. The van der Waals surface area contributed by atoms with E-state index in [2.05, 4.69) is 20.4 Å². The fourth-order valence-corrected chi connectivity index (χ4v) is 2.44. The fourth-order valence-electron chi connectivity index (χ4n) is 2.29. The first kappa shape index (κ1) is 17.5. The van der Waals surface area contributed by atoms with Crippen LogP contribution in [-0.4, -0.2) is 25.7 Å². The maximum absolute atomic E-state index is 12.3. The van der Waals surface area contributed by atoms with E-state index in [0.717, 1.165) is 0 Å². The van der Waals surface area contributed by atoms with E-state index in [4.69, 9.17) is 22.1 Å². The number of rotatable bonds is 4. The topological polar surface area (TPSA) is 128 Å². The molecule has 0 fully saturated rings. The van der Waals surface area contributed by atoms with Crippen LogP contribution in [0, 0.1) is 6.92 Å². The van der Waals surface area contributed by atoms with Gasteiger partial charge in [0.05, 0.1) is 6.20 Å². The van der Waals surface area contributed by atoms with Crippen LogP contribution in [0.15, 0.2) is 35.4 Å². The molecule has 3 heterocycles. The standard InChI is InChI=1S/C16H15ClN6O3/c1-8-12(16(25)23(2)22-8)15(24)21-11-4-3-9(7-20-11)26-10-5-6-19-14(18)13(10)17/h3-7,22H,1-2H3,(H2,18,19)(H,20,21,24).